The zero-order valence-corrected chi connectivity index (χ0v) is 17.5. The minimum absolute atomic E-state index is 0.00595. The molecule has 30 heavy (non-hydrogen) atoms. The molecule has 0 radical (unpaired) electrons. The molecule has 2 amide bonds. The number of alkyl halides is 3. The molecule has 0 bridgehead atoms. The number of nitrogens with zero attached hydrogens (tertiary/aromatic N) is 1. The third-order valence-corrected chi connectivity index (χ3v) is 4.83. The van der Waals surface area contributed by atoms with Crippen LogP contribution in [0, 0.1) is 5.92 Å². The van der Waals surface area contributed by atoms with Gasteiger partial charge in [0.1, 0.15) is 6.10 Å². The van der Waals surface area contributed by atoms with E-state index in [-0.39, 0.29) is 31.0 Å². The molecule has 0 unspecified atom stereocenters. The van der Waals surface area contributed by atoms with Crippen LogP contribution in [-0.4, -0.2) is 54.9 Å². The number of carbonyl (C=O) groups is 2. The SMILES string of the molecule is CCN(Cc1cccc(NC(=O)[C@H](OC[C@H]2CCCO2)C(C)C)c1)C(=O)C(F)(F)F. The first-order valence-electron chi connectivity index (χ1n) is 10.1. The van der Waals surface area contributed by atoms with E-state index in [1.54, 1.807) is 24.3 Å². The van der Waals surface area contributed by atoms with E-state index in [9.17, 15) is 22.8 Å². The van der Waals surface area contributed by atoms with E-state index in [1.165, 1.54) is 6.92 Å². The highest BCUT2D eigenvalue weighted by atomic mass is 19.4. The standard InChI is InChI=1S/C21H29F3N2O4/c1-4-26(20(28)21(22,23)24)12-15-7-5-8-16(11-15)25-19(27)18(14(2)3)30-13-17-9-6-10-29-17/h5,7-8,11,14,17-18H,4,6,9-10,12-13H2,1-3H3,(H,25,27)/t17-,18-/m1/s1. The van der Waals surface area contributed by atoms with Crippen LogP contribution in [0.2, 0.25) is 0 Å². The molecule has 1 aromatic carbocycles. The summed E-state index contributed by atoms with van der Waals surface area (Å²) in [6, 6.07) is 6.42. The molecule has 0 saturated carbocycles. The number of hydrogen-bond donors (Lipinski definition) is 1. The van der Waals surface area contributed by atoms with E-state index in [1.807, 2.05) is 13.8 Å². The van der Waals surface area contributed by atoms with E-state index in [2.05, 4.69) is 5.32 Å². The Balaban J connectivity index is 2.01. The lowest BCUT2D eigenvalue weighted by Crippen LogP contribution is -2.40. The van der Waals surface area contributed by atoms with Gasteiger partial charge in [0, 0.05) is 25.4 Å². The fourth-order valence-corrected chi connectivity index (χ4v) is 3.25. The van der Waals surface area contributed by atoms with Crippen LogP contribution in [0.15, 0.2) is 24.3 Å². The van der Waals surface area contributed by atoms with Crippen LogP contribution < -0.4 is 5.32 Å². The number of hydrogen-bond acceptors (Lipinski definition) is 4. The number of anilines is 1. The second-order valence-electron chi connectivity index (χ2n) is 7.64. The minimum atomic E-state index is -4.92. The maximum Gasteiger partial charge on any atom is 0.471 e. The molecule has 1 saturated heterocycles. The Morgan fingerprint density at radius 2 is 2.07 bits per heavy atom. The Bertz CT molecular complexity index is 718. The molecule has 1 aromatic rings. The third kappa shape index (κ3) is 6.98. The van der Waals surface area contributed by atoms with Crippen molar-refractivity contribution in [2.75, 3.05) is 25.1 Å². The number of carbonyl (C=O) groups excluding carboxylic acids is 2. The average Bonchev–Trinajstić information content (AvgIpc) is 3.18. The van der Waals surface area contributed by atoms with Gasteiger partial charge in [-0.3, -0.25) is 9.59 Å². The largest absolute Gasteiger partial charge is 0.471 e. The summed E-state index contributed by atoms with van der Waals surface area (Å²) in [6.07, 6.45) is -3.73. The van der Waals surface area contributed by atoms with Crippen molar-refractivity contribution in [1.29, 1.82) is 0 Å². The van der Waals surface area contributed by atoms with Gasteiger partial charge in [-0.1, -0.05) is 26.0 Å². The summed E-state index contributed by atoms with van der Waals surface area (Å²) in [6.45, 7) is 5.97. The molecule has 9 heteroatoms. The van der Waals surface area contributed by atoms with Crippen LogP contribution in [0.25, 0.3) is 0 Å². The molecule has 2 atom stereocenters. The van der Waals surface area contributed by atoms with Gasteiger partial charge in [-0.2, -0.15) is 13.2 Å². The molecule has 1 fully saturated rings. The van der Waals surface area contributed by atoms with Crippen molar-refractivity contribution in [2.24, 2.45) is 5.92 Å². The van der Waals surface area contributed by atoms with Gasteiger partial charge < -0.3 is 19.7 Å². The first-order valence-corrected chi connectivity index (χ1v) is 10.1. The summed E-state index contributed by atoms with van der Waals surface area (Å²) in [5, 5.41) is 2.76. The molecular formula is C21H29F3N2O4. The minimum Gasteiger partial charge on any atom is -0.376 e. The normalized spacial score (nSPS) is 17.8. The molecule has 0 aliphatic carbocycles. The highest BCUT2D eigenvalue weighted by molar-refractivity contribution is 5.94. The molecule has 1 N–H and O–H groups in total. The van der Waals surface area contributed by atoms with Crippen LogP contribution >= 0.6 is 0 Å². The molecule has 0 aromatic heterocycles. The Kier molecular flexibility index (Phi) is 8.66. The quantitative estimate of drug-likeness (QED) is 0.648. The lowest BCUT2D eigenvalue weighted by molar-refractivity contribution is -0.185. The predicted molar refractivity (Wildman–Crippen MR) is 106 cm³/mol. The smallest absolute Gasteiger partial charge is 0.376 e. The lowest BCUT2D eigenvalue weighted by Gasteiger charge is -2.23. The first kappa shape index (κ1) is 24.1. The molecule has 6 nitrogen and oxygen atoms in total. The molecular weight excluding hydrogens is 401 g/mol. The van der Waals surface area contributed by atoms with Crippen molar-refractivity contribution in [2.45, 2.75) is 58.5 Å². The van der Waals surface area contributed by atoms with E-state index in [0.717, 1.165) is 12.8 Å². The van der Waals surface area contributed by atoms with Crippen molar-refractivity contribution in [3.63, 3.8) is 0 Å². The molecule has 1 aliphatic heterocycles. The van der Waals surface area contributed by atoms with Gasteiger partial charge in [-0.25, -0.2) is 0 Å². The van der Waals surface area contributed by atoms with Crippen molar-refractivity contribution >= 4 is 17.5 Å². The average molecular weight is 430 g/mol. The zero-order chi connectivity index (χ0) is 22.3. The number of amides is 2. The molecule has 2 rings (SSSR count). The van der Waals surface area contributed by atoms with Crippen molar-refractivity contribution in [1.82, 2.24) is 4.90 Å². The van der Waals surface area contributed by atoms with Crippen LogP contribution in [0.1, 0.15) is 39.2 Å². The van der Waals surface area contributed by atoms with Crippen LogP contribution in [0.4, 0.5) is 18.9 Å². The van der Waals surface area contributed by atoms with Gasteiger partial charge in [0.15, 0.2) is 0 Å². The van der Waals surface area contributed by atoms with E-state index in [4.69, 9.17) is 9.47 Å². The fraction of sp³-hybridized carbons (Fsp3) is 0.619. The summed E-state index contributed by atoms with van der Waals surface area (Å²) in [7, 11) is 0. The number of benzene rings is 1. The van der Waals surface area contributed by atoms with Crippen LogP contribution in [0.3, 0.4) is 0 Å². The monoisotopic (exact) mass is 430 g/mol. The van der Waals surface area contributed by atoms with Crippen LogP contribution in [-0.2, 0) is 25.6 Å². The zero-order valence-electron chi connectivity index (χ0n) is 17.5. The molecule has 168 valence electrons. The van der Waals surface area contributed by atoms with E-state index < -0.39 is 18.2 Å². The third-order valence-electron chi connectivity index (χ3n) is 4.83. The lowest BCUT2D eigenvalue weighted by atomic mass is 10.1. The second-order valence-corrected chi connectivity index (χ2v) is 7.64. The van der Waals surface area contributed by atoms with Gasteiger partial charge in [0.05, 0.1) is 12.7 Å². The summed E-state index contributed by atoms with van der Waals surface area (Å²) in [5.74, 6) is -2.30. The highest BCUT2D eigenvalue weighted by Gasteiger charge is 2.41. The fourth-order valence-electron chi connectivity index (χ4n) is 3.25. The Morgan fingerprint density at radius 1 is 1.33 bits per heavy atom. The van der Waals surface area contributed by atoms with Gasteiger partial charge in [-0.05, 0) is 43.4 Å². The Hall–Kier alpha value is -2.13. The topological polar surface area (TPSA) is 67.9 Å². The van der Waals surface area contributed by atoms with Crippen molar-refractivity contribution in [3.05, 3.63) is 29.8 Å². The number of halogens is 3. The molecule has 0 spiro atoms. The van der Waals surface area contributed by atoms with Crippen LogP contribution in [0.5, 0.6) is 0 Å². The van der Waals surface area contributed by atoms with E-state index >= 15 is 0 Å². The molecule has 1 heterocycles. The summed E-state index contributed by atoms with van der Waals surface area (Å²) in [5.41, 5.74) is 0.910. The number of rotatable bonds is 9. The number of ether oxygens (including phenoxy) is 2. The highest BCUT2D eigenvalue weighted by Crippen LogP contribution is 2.21. The van der Waals surface area contributed by atoms with Gasteiger partial charge in [0.2, 0.25) is 0 Å². The summed E-state index contributed by atoms with van der Waals surface area (Å²) < 4.78 is 49.5. The Labute approximate surface area is 174 Å². The Morgan fingerprint density at radius 3 is 2.63 bits per heavy atom. The van der Waals surface area contributed by atoms with Gasteiger partial charge in [0.25, 0.3) is 5.91 Å². The van der Waals surface area contributed by atoms with E-state index in [0.29, 0.717) is 29.4 Å². The number of nitrogens with one attached hydrogen (secondary N) is 1. The predicted octanol–water partition coefficient (Wildman–Crippen LogP) is 3.76. The summed E-state index contributed by atoms with van der Waals surface area (Å²) in [4.78, 5) is 24.9. The first-order chi connectivity index (χ1) is 14.1. The van der Waals surface area contributed by atoms with Crippen molar-refractivity contribution in [3.8, 4) is 0 Å². The van der Waals surface area contributed by atoms with Gasteiger partial charge in [-0.15, -0.1) is 0 Å². The maximum absolute atomic E-state index is 12.7. The molecule has 1 aliphatic rings. The second kappa shape index (κ2) is 10.8. The van der Waals surface area contributed by atoms with Gasteiger partial charge >= 0.3 is 12.1 Å². The summed E-state index contributed by atoms with van der Waals surface area (Å²) >= 11 is 0. The maximum atomic E-state index is 12.7. The van der Waals surface area contributed by atoms with Crippen molar-refractivity contribution < 1.29 is 32.2 Å².